The molecule has 0 saturated carbocycles. The molecule has 0 radical (unpaired) electrons. The van der Waals surface area contributed by atoms with Gasteiger partial charge in [-0.2, -0.15) is 0 Å². The van der Waals surface area contributed by atoms with Gasteiger partial charge in [-0.3, -0.25) is 14.2 Å². The van der Waals surface area contributed by atoms with Crippen LogP contribution in [0.1, 0.15) is 142 Å². The number of unbranched alkanes of at least 4 members (excludes halogenated alkanes) is 7. The van der Waals surface area contributed by atoms with E-state index < -0.39 is 32.5 Å². The minimum absolute atomic E-state index is 0.0533. The van der Waals surface area contributed by atoms with Gasteiger partial charge in [-0.25, -0.2) is 0 Å². The lowest BCUT2D eigenvalue weighted by atomic mass is 10.1. The average molecular weight is 856 g/mol. The monoisotopic (exact) mass is 856 g/mol. The van der Waals surface area contributed by atoms with E-state index in [0.29, 0.717) is 23.9 Å². The third kappa shape index (κ3) is 44.2. The summed E-state index contributed by atoms with van der Waals surface area (Å²) in [6.45, 7) is 3.94. The standard InChI is InChI=1S/C50H82NO8P/c1-6-8-10-12-14-16-18-20-22-24-25-27-28-30-32-34-36-38-40-42-49(52)56-46-48(47-58-60(54,55)57-45-44-51(3,4)5)59-50(53)43-41-39-37-35-33-31-29-26-23-21-19-17-15-13-11-9-7-2/h8,10,14-17,20-23,25,27,29-32,36,38,48H,6-7,9,11-13,18-19,24,26,28,33-35,37,39-47H2,1-5H3/b10-8-,16-14-,17-15-,22-20-,23-21-,27-25-,31-29-,32-30-,38-36-/t48-/m1/s1. The molecular formula is C50H82NO8P. The largest absolute Gasteiger partial charge is 0.756 e. The van der Waals surface area contributed by atoms with Crippen molar-refractivity contribution >= 4 is 19.8 Å². The van der Waals surface area contributed by atoms with E-state index in [2.05, 4.69) is 111 Å². The van der Waals surface area contributed by atoms with Gasteiger partial charge in [0.05, 0.1) is 27.7 Å². The Morgan fingerprint density at radius 2 is 0.983 bits per heavy atom. The van der Waals surface area contributed by atoms with Crippen LogP contribution in [0.15, 0.2) is 109 Å². The number of quaternary nitrogens is 1. The molecule has 9 nitrogen and oxygen atoms in total. The van der Waals surface area contributed by atoms with Crippen molar-refractivity contribution in [2.75, 3.05) is 47.5 Å². The summed E-state index contributed by atoms with van der Waals surface area (Å²) in [7, 11) is 1.09. The predicted molar refractivity (Wildman–Crippen MR) is 249 cm³/mol. The van der Waals surface area contributed by atoms with E-state index in [9.17, 15) is 19.0 Å². The summed E-state index contributed by atoms with van der Waals surface area (Å²) in [6.07, 6.45) is 55.6. The summed E-state index contributed by atoms with van der Waals surface area (Å²) in [6, 6.07) is 0. The van der Waals surface area contributed by atoms with Gasteiger partial charge in [-0.1, -0.05) is 149 Å². The molecule has 60 heavy (non-hydrogen) atoms. The van der Waals surface area contributed by atoms with Gasteiger partial charge in [0.2, 0.25) is 0 Å². The van der Waals surface area contributed by atoms with Crippen LogP contribution in [0.3, 0.4) is 0 Å². The first-order chi connectivity index (χ1) is 29.0. The Hall–Kier alpha value is -3.33. The number of phosphoric acid groups is 1. The lowest BCUT2D eigenvalue weighted by Crippen LogP contribution is -2.37. The van der Waals surface area contributed by atoms with E-state index in [1.165, 1.54) is 25.7 Å². The number of rotatable bonds is 39. The van der Waals surface area contributed by atoms with Crippen LogP contribution < -0.4 is 4.89 Å². The van der Waals surface area contributed by atoms with E-state index in [1.54, 1.807) is 0 Å². The highest BCUT2D eigenvalue weighted by atomic mass is 31.2. The highest BCUT2D eigenvalue weighted by molar-refractivity contribution is 7.45. The Bertz CT molecular complexity index is 1380. The summed E-state index contributed by atoms with van der Waals surface area (Å²) in [5.41, 5.74) is 0. The highest BCUT2D eigenvalue weighted by Crippen LogP contribution is 2.38. The number of allylic oxidation sites excluding steroid dienone is 18. The first-order valence-electron chi connectivity index (χ1n) is 22.6. The lowest BCUT2D eigenvalue weighted by Gasteiger charge is -2.28. The minimum atomic E-state index is -4.66. The summed E-state index contributed by atoms with van der Waals surface area (Å²) in [4.78, 5) is 37.5. The van der Waals surface area contributed by atoms with Gasteiger partial charge in [0, 0.05) is 12.8 Å². The fraction of sp³-hybridized carbons (Fsp3) is 0.600. The second-order valence-corrected chi connectivity index (χ2v) is 17.1. The van der Waals surface area contributed by atoms with Crippen LogP contribution in [0.5, 0.6) is 0 Å². The normalized spacial score (nSPS) is 14.6. The van der Waals surface area contributed by atoms with Gasteiger partial charge in [-0.05, 0) is 89.9 Å². The van der Waals surface area contributed by atoms with Crippen LogP contribution in [-0.2, 0) is 32.7 Å². The molecule has 10 heteroatoms. The van der Waals surface area contributed by atoms with Crippen molar-refractivity contribution in [3.05, 3.63) is 109 Å². The number of likely N-dealkylation sites (N-methyl/N-ethyl adjacent to an activating group) is 1. The second-order valence-electron chi connectivity index (χ2n) is 15.7. The third-order valence-corrected chi connectivity index (χ3v) is 9.75. The molecule has 0 aliphatic rings. The van der Waals surface area contributed by atoms with Crippen LogP contribution in [-0.4, -0.2) is 70.0 Å². The van der Waals surface area contributed by atoms with E-state index in [1.807, 2.05) is 33.3 Å². The molecule has 0 aliphatic heterocycles. The fourth-order valence-electron chi connectivity index (χ4n) is 5.27. The maximum Gasteiger partial charge on any atom is 0.306 e. The molecule has 0 aromatic carbocycles. The first-order valence-corrected chi connectivity index (χ1v) is 24.1. The molecule has 1 unspecified atom stereocenters. The molecule has 0 aliphatic carbocycles. The van der Waals surface area contributed by atoms with Crippen LogP contribution in [0.2, 0.25) is 0 Å². The topological polar surface area (TPSA) is 111 Å². The first kappa shape index (κ1) is 56.7. The maximum atomic E-state index is 12.7. The molecule has 0 fully saturated rings. The number of hydrogen-bond acceptors (Lipinski definition) is 8. The van der Waals surface area contributed by atoms with Crippen molar-refractivity contribution in [1.82, 2.24) is 0 Å². The third-order valence-electron chi connectivity index (χ3n) is 8.79. The average Bonchev–Trinajstić information content (AvgIpc) is 3.20. The van der Waals surface area contributed by atoms with Crippen molar-refractivity contribution in [2.45, 2.75) is 148 Å². The van der Waals surface area contributed by atoms with Gasteiger partial charge in [-0.15, -0.1) is 0 Å². The summed E-state index contributed by atoms with van der Waals surface area (Å²) in [5, 5.41) is 0. The number of phosphoric ester groups is 1. The van der Waals surface area contributed by atoms with Gasteiger partial charge in [0.15, 0.2) is 6.10 Å². The van der Waals surface area contributed by atoms with Crippen LogP contribution >= 0.6 is 7.82 Å². The molecule has 2 atom stereocenters. The fourth-order valence-corrected chi connectivity index (χ4v) is 6.00. The Labute approximate surface area is 366 Å². The molecular weight excluding hydrogens is 774 g/mol. The summed E-state index contributed by atoms with van der Waals surface area (Å²) >= 11 is 0. The lowest BCUT2D eigenvalue weighted by molar-refractivity contribution is -0.870. The molecule has 0 N–H and O–H groups in total. The quantitative estimate of drug-likeness (QED) is 0.0198. The van der Waals surface area contributed by atoms with Crippen LogP contribution in [0.25, 0.3) is 0 Å². The SMILES string of the molecule is CC/C=C\C/C=C\C/C=C\C/C=C\C/C=C\C/C=C\CCC(=O)OC[C@H](COP(=O)([O-])OCC[N+](C)(C)C)OC(=O)CCCCCC/C=C\C/C=C\C/C=C\CCCCC. The van der Waals surface area contributed by atoms with Gasteiger partial charge >= 0.3 is 11.9 Å². The second kappa shape index (κ2) is 41.0. The maximum absolute atomic E-state index is 12.7. The van der Waals surface area contributed by atoms with Crippen LogP contribution in [0.4, 0.5) is 0 Å². The zero-order valence-corrected chi connectivity index (χ0v) is 39.0. The molecule has 0 amide bonds. The zero-order chi connectivity index (χ0) is 44.3. The summed E-state index contributed by atoms with van der Waals surface area (Å²) < 4.78 is 33.8. The van der Waals surface area contributed by atoms with Crippen LogP contribution in [0, 0.1) is 0 Å². The Kier molecular flexibility index (Phi) is 38.8. The number of esters is 2. The predicted octanol–water partition coefficient (Wildman–Crippen LogP) is 12.5. The number of hydrogen-bond donors (Lipinski definition) is 0. The van der Waals surface area contributed by atoms with Crippen molar-refractivity contribution in [1.29, 1.82) is 0 Å². The molecule has 0 rings (SSSR count). The van der Waals surface area contributed by atoms with Crippen molar-refractivity contribution in [3.8, 4) is 0 Å². The van der Waals surface area contributed by atoms with Gasteiger partial charge in [0.1, 0.15) is 19.8 Å². The minimum Gasteiger partial charge on any atom is -0.756 e. The van der Waals surface area contributed by atoms with E-state index in [4.69, 9.17) is 18.5 Å². The number of carbonyl (C=O) groups is 2. The smallest absolute Gasteiger partial charge is 0.306 e. The van der Waals surface area contributed by atoms with E-state index >= 15 is 0 Å². The van der Waals surface area contributed by atoms with Crippen molar-refractivity contribution in [2.24, 2.45) is 0 Å². The molecule has 340 valence electrons. The Morgan fingerprint density at radius 3 is 1.47 bits per heavy atom. The summed E-state index contributed by atoms with van der Waals surface area (Å²) in [5.74, 6) is -0.970. The Morgan fingerprint density at radius 1 is 0.533 bits per heavy atom. The molecule has 0 aromatic heterocycles. The zero-order valence-electron chi connectivity index (χ0n) is 38.1. The van der Waals surface area contributed by atoms with E-state index in [0.717, 1.165) is 77.0 Å². The number of ether oxygens (including phenoxy) is 2. The van der Waals surface area contributed by atoms with Gasteiger partial charge in [0.25, 0.3) is 7.82 Å². The number of nitrogens with zero attached hydrogens (tertiary/aromatic N) is 1. The highest BCUT2D eigenvalue weighted by Gasteiger charge is 2.21. The molecule has 0 saturated heterocycles. The van der Waals surface area contributed by atoms with Crippen molar-refractivity contribution in [3.63, 3.8) is 0 Å². The molecule has 0 aromatic rings. The van der Waals surface area contributed by atoms with Crippen molar-refractivity contribution < 1.29 is 42.1 Å². The number of carbonyl (C=O) groups excluding carboxylic acids is 2. The Balaban J connectivity index is 4.54. The van der Waals surface area contributed by atoms with Gasteiger partial charge < -0.3 is 27.9 Å². The van der Waals surface area contributed by atoms with E-state index in [-0.39, 0.29) is 26.1 Å². The molecule has 0 heterocycles. The molecule has 0 bridgehead atoms. The molecule has 0 spiro atoms.